The number of aromatic nitrogens is 4. The van der Waals surface area contributed by atoms with Crippen molar-refractivity contribution >= 4 is 28.4 Å². The number of ether oxygens (including phenoxy) is 1. The molecule has 0 spiro atoms. The van der Waals surface area contributed by atoms with Gasteiger partial charge in [-0.25, -0.2) is 9.98 Å². The molecule has 0 saturated heterocycles. The van der Waals surface area contributed by atoms with E-state index in [1.807, 2.05) is 55.5 Å². The molecule has 0 bridgehead atoms. The van der Waals surface area contributed by atoms with E-state index < -0.39 is 0 Å². The molecule has 2 heterocycles. The first-order valence-electron chi connectivity index (χ1n) is 12.9. The van der Waals surface area contributed by atoms with Gasteiger partial charge in [0, 0.05) is 25.8 Å². The number of aromatic amines is 1. The second-order valence-electron chi connectivity index (χ2n) is 8.64. The number of anilines is 1. The molecule has 0 fully saturated rings. The van der Waals surface area contributed by atoms with E-state index in [0.717, 1.165) is 49.0 Å². The number of hydrogen-bond acceptors (Lipinski definition) is 5. The van der Waals surface area contributed by atoms with Crippen LogP contribution in [0.4, 0.5) is 11.4 Å². The number of aryl methyl sites for hydroxylation is 2. The predicted octanol–water partition coefficient (Wildman–Crippen LogP) is 5.12. The number of rotatable bonds is 9. The molecular weight excluding hydrogens is 466 g/mol. The number of benzene rings is 2. The third kappa shape index (κ3) is 5.66. The van der Waals surface area contributed by atoms with Gasteiger partial charge in [-0.05, 0) is 57.5 Å². The summed E-state index contributed by atoms with van der Waals surface area (Å²) in [5.41, 5.74) is 4.04. The van der Waals surface area contributed by atoms with Gasteiger partial charge in [0.25, 0.3) is 5.56 Å². The van der Waals surface area contributed by atoms with Crippen molar-refractivity contribution in [3.8, 4) is 17.1 Å². The summed E-state index contributed by atoms with van der Waals surface area (Å²) in [6.45, 7) is 10.3. The topological polar surface area (TPSA) is 100 Å². The van der Waals surface area contributed by atoms with Crippen LogP contribution in [-0.2, 0) is 13.5 Å². The molecule has 0 amide bonds. The Labute approximate surface area is 217 Å². The molecule has 0 saturated carbocycles. The van der Waals surface area contributed by atoms with Crippen LogP contribution in [0.5, 0.6) is 5.75 Å². The van der Waals surface area contributed by atoms with Crippen molar-refractivity contribution in [3.05, 3.63) is 64.6 Å². The summed E-state index contributed by atoms with van der Waals surface area (Å²) < 4.78 is 7.53. The molecule has 0 unspecified atom stereocenters. The van der Waals surface area contributed by atoms with E-state index in [4.69, 9.17) is 14.7 Å². The normalized spacial score (nSPS) is 11.6. The molecule has 2 N–H and O–H groups in total. The number of para-hydroxylation sites is 1. The summed E-state index contributed by atoms with van der Waals surface area (Å²) in [7, 11) is 1.77. The minimum atomic E-state index is -0.229. The van der Waals surface area contributed by atoms with Crippen molar-refractivity contribution in [2.45, 2.75) is 40.5 Å². The first-order chi connectivity index (χ1) is 18.0. The molecule has 37 heavy (non-hydrogen) atoms. The number of fused-ring (bicyclic) bond motifs is 1. The van der Waals surface area contributed by atoms with Gasteiger partial charge >= 0.3 is 0 Å². The smallest absolute Gasteiger partial charge is 0.277 e. The van der Waals surface area contributed by atoms with Crippen molar-refractivity contribution in [3.63, 3.8) is 0 Å². The Morgan fingerprint density at radius 2 is 1.86 bits per heavy atom. The van der Waals surface area contributed by atoms with E-state index in [9.17, 15) is 4.79 Å². The van der Waals surface area contributed by atoms with Crippen LogP contribution in [0.2, 0.25) is 0 Å². The molecule has 4 aromatic rings. The highest BCUT2D eigenvalue weighted by molar-refractivity contribution is 5.96. The predicted molar refractivity (Wildman–Crippen MR) is 150 cm³/mol. The number of H-pyrrole nitrogens is 1. The fraction of sp³-hybridized carbons (Fsp3) is 0.357. The number of hydrogen-bond donors (Lipinski definition) is 2. The lowest BCUT2D eigenvalue weighted by atomic mass is 10.1. The Hall–Kier alpha value is -4.14. The first-order valence-corrected chi connectivity index (χ1v) is 12.9. The first kappa shape index (κ1) is 25.9. The summed E-state index contributed by atoms with van der Waals surface area (Å²) in [5, 5.41) is 8.02. The molecule has 4 rings (SSSR count). The molecule has 9 nitrogen and oxygen atoms in total. The van der Waals surface area contributed by atoms with Gasteiger partial charge in [-0.2, -0.15) is 5.10 Å². The molecule has 9 heteroatoms. The van der Waals surface area contributed by atoms with Crippen molar-refractivity contribution in [1.82, 2.24) is 24.6 Å². The summed E-state index contributed by atoms with van der Waals surface area (Å²) in [6, 6.07) is 15.6. The zero-order chi connectivity index (χ0) is 26.4. The van der Waals surface area contributed by atoms with Gasteiger partial charge in [-0.1, -0.05) is 31.5 Å². The van der Waals surface area contributed by atoms with E-state index in [-0.39, 0.29) is 5.56 Å². The Balaban J connectivity index is 1.81. The summed E-state index contributed by atoms with van der Waals surface area (Å²) >= 11 is 0. The quantitative estimate of drug-likeness (QED) is 0.244. The maximum absolute atomic E-state index is 13.1. The van der Waals surface area contributed by atoms with Crippen LogP contribution < -0.4 is 15.6 Å². The monoisotopic (exact) mass is 501 g/mol. The van der Waals surface area contributed by atoms with Crippen molar-refractivity contribution < 1.29 is 4.74 Å². The van der Waals surface area contributed by atoms with E-state index in [2.05, 4.69) is 41.1 Å². The maximum atomic E-state index is 13.1. The summed E-state index contributed by atoms with van der Waals surface area (Å²) in [6.07, 6.45) is 1.66. The molecule has 0 aliphatic carbocycles. The van der Waals surface area contributed by atoms with Gasteiger partial charge in [0.1, 0.15) is 17.1 Å². The highest BCUT2D eigenvalue weighted by Crippen LogP contribution is 2.31. The molecule has 0 radical (unpaired) electrons. The van der Waals surface area contributed by atoms with Gasteiger partial charge in [-0.3, -0.25) is 9.48 Å². The number of nitrogens with one attached hydrogen (secondary N) is 2. The number of nitrogens with zero attached hydrogens (tertiary/aromatic N) is 5. The molecule has 2 aromatic carbocycles. The van der Waals surface area contributed by atoms with Gasteiger partial charge < -0.3 is 19.9 Å². The third-order valence-electron chi connectivity index (χ3n) is 6.09. The highest BCUT2D eigenvalue weighted by Gasteiger charge is 2.18. The molecule has 0 aliphatic rings. The molecule has 2 aromatic heterocycles. The lowest BCUT2D eigenvalue weighted by Crippen LogP contribution is -2.36. The summed E-state index contributed by atoms with van der Waals surface area (Å²) in [4.78, 5) is 27.9. The van der Waals surface area contributed by atoms with Crippen LogP contribution in [-0.4, -0.2) is 50.3 Å². The van der Waals surface area contributed by atoms with Crippen LogP contribution in [0.1, 0.15) is 39.8 Å². The van der Waals surface area contributed by atoms with E-state index in [0.29, 0.717) is 34.8 Å². The van der Waals surface area contributed by atoms with Crippen LogP contribution in [0.25, 0.3) is 22.4 Å². The average molecular weight is 502 g/mol. The largest absolute Gasteiger partial charge is 0.493 e. The Morgan fingerprint density at radius 1 is 1.11 bits per heavy atom. The Bertz CT molecular complexity index is 1440. The molecular formula is C28H35N7O2. The van der Waals surface area contributed by atoms with Gasteiger partial charge in [0.2, 0.25) is 5.96 Å². The minimum absolute atomic E-state index is 0.229. The average Bonchev–Trinajstić information content (AvgIpc) is 3.22. The second kappa shape index (κ2) is 11.7. The highest BCUT2D eigenvalue weighted by atomic mass is 16.5. The van der Waals surface area contributed by atoms with Crippen molar-refractivity contribution in [1.29, 1.82) is 0 Å². The zero-order valence-electron chi connectivity index (χ0n) is 22.2. The SMILES string of the molecule is CCCc1nn(C)c2c(=O)[nH]c(-c3cc(NC(=Nc4ccccc4)N(CC)CC)ccc3OCC)nc12. The fourth-order valence-corrected chi connectivity index (χ4v) is 4.31. The van der Waals surface area contributed by atoms with E-state index >= 15 is 0 Å². The zero-order valence-corrected chi connectivity index (χ0v) is 22.2. The number of aliphatic imine (C=N–C) groups is 1. The molecule has 194 valence electrons. The van der Waals surface area contributed by atoms with Crippen molar-refractivity contribution in [2.75, 3.05) is 25.0 Å². The third-order valence-corrected chi connectivity index (χ3v) is 6.09. The van der Waals surface area contributed by atoms with Crippen LogP contribution in [0.3, 0.4) is 0 Å². The molecule has 0 aliphatic heterocycles. The van der Waals surface area contributed by atoms with Crippen molar-refractivity contribution in [2.24, 2.45) is 12.0 Å². The fourth-order valence-electron chi connectivity index (χ4n) is 4.31. The van der Waals surface area contributed by atoms with Crippen LogP contribution in [0.15, 0.2) is 58.3 Å². The lowest BCUT2D eigenvalue weighted by molar-refractivity contribution is 0.341. The Kier molecular flexibility index (Phi) is 8.22. The van der Waals surface area contributed by atoms with Crippen LogP contribution >= 0.6 is 0 Å². The summed E-state index contributed by atoms with van der Waals surface area (Å²) in [5.74, 6) is 1.82. The number of guanidine groups is 1. The standard InChI is InChI=1S/C28H35N7O2/c1-6-13-22-24-25(34(5)33-22)27(36)32-26(31-24)21-18-20(16-17-23(21)37-9-4)30-28(35(7-2)8-3)29-19-14-11-10-12-15-19/h10-12,14-18H,6-9,13H2,1-5H3,(H,29,30)(H,31,32,36). The van der Waals surface area contributed by atoms with Gasteiger partial charge in [-0.15, -0.1) is 0 Å². The van der Waals surface area contributed by atoms with E-state index in [1.165, 1.54) is 0 Å². The lowest BCUT2D eigenvalue weighted by Gasteiger charge is -2.24. The van der Waals surface area contributed by atoms with E-state index in [1.54, 1.807) is 11.7 Å². The molecule has 0 atom stereocenters. The maximum Gasteiger partial charge on any atom is 0.277 e. The Morgan fingerprint density at radius 3 is 2.54 bits per heavy atom. The van der Waals surface area contributed by atoms with Gasteiger partial charge in [0.15, 0.2) is 5.52 Å². The minimum Gasteiger partial charge on any atom is -0.493 e. The van der Waals surface area contributed by atoms with Crippen LogP contribution in [0, 0.1) is 0 Å². The second-order valence-corrected chi connectivity index (χ2v) is 8.64. The van der Waals surface area contributed by atoms with Gasteiger partial charge in [0.05, 0.1) is 23.6 Å².